The number of nitrogens with one attached hydrogen (secondary N) is 1. The molecule has 2 aromatic rings. The monoisotopic (exact) mass is 512 g/mol. The van der Waals surface area contributed by atoms with Crippen LogP contribution in [0.25, 0.3) is 0 Å². The largest absolute Gasteiger partial charge is 0.390 e. The van der Waals surface area contributed by atoms with E-state index >= 15 is 0 Å². The van der Waals surface area contributed by atoms with E-state index in [1.54, 1.807) is 0 Å². The minimum atomic E-state index is -3.89. The number of rotatable bonds is 9. The molecule has 0 saturated heterocycles. The first-order valence-electron chi connectivity index (χ1n) is 10.4. The second kappa shape index (κ2) is 9.67. The Morgan fingerprint density at radius 2 is 1.84 bits per heavy atom. The molecule has 0 aromatic heterocycles. The summed E-state index contributed by atoms with van der Waals surface area (Å²) in [5.41, 5.74) is 2.64. The van der Waals surface area contributed by atoms with Crippen molar-refractivity contribution >= 4 is 26.0 Å². The molecule has 1 atom stereocenters. The molecule has 2 N–H and O–H groups in total. The van der Waals surface area contributed by atoms with Gasteiger partial charge in [0.05, 0.1) is 15.5 Å². The molecule has 0 aliphatic heterocycles. The fourth-order valence-electron chi connectivity index (χ4n) is 4.26. The molecule has 1 unspecified atom stereocenters. The number of β-amino-alcohol motifs (C(OH)–C–C–N with tert-alkyl or cyclic N) is 1. The summed E-state index contributed by atoms with van der Waals surface area (Å²) >= 11 is 3.02. The summed E-state index contributed by atoms with van der Waals surface area (Å²) in [4.78, 5) is -0.142. The van der Waals surface area contributed by atoms with Crippen molar-refractivity contribution in [1.82, 2.24) is 9.62 Å². The van der Waals surface area contributed by atoms with E-state index in [2.05, 4.69) is 59.4 Å². The Labute approximate surface area is 192 Å². The van der Waals surface area contributed by atoms with Crippen molar-refractivity contribution < 1.29 is 17.9 Å². The van der Waals surface area contributed by atoms with Gasteiger partial charge in [-0.1, -0.05) is 24.3 Å². The highest BCUT2D eigenvalue weighted by atomic mass is 79.9. The maximum atomic E-state index is 13.8. The molecular weight excluding hydrogens is 483 g/mol. The van der Waals surface area contributed by atoms with Crippen LogP contribution in [0, 0.1) is 11.7 Å². The Morgan fingerprint density at radius 3 is 2.42 bits per heavy atom. The van der Waals surface area contributed by atoms with Crippen LogP contribution in [-0.2, 0) is 22.9 Å². The van der Waals surface area contributed by atoms with Crippen LogP contribution >= 0.6 is 15.9 Å². The number of hydrogen-bond acceptors (Lipinski definition) is 4. The van der Waals surface area contributed by atoms with Gasteiger partial charge in [0.15, 0.2) is 0 Å². The van der Waals surface area contributed by atoms with Crippen LogP contribution in [0.15, 0.2) is 51.8 Å². The predicted octanol–water partition coefficient (Wildman–Crippen LogP) is 3.74. The number of likely N-dealkylation sites (N-methyl/N-ethyl adjacent to an activating group) is 1. The van der Waals surface area contributed by atoms with Crippen LogP contribution in [0.1, 0.15) is 31.4 Å². The molecule has 0 heterocycles. The van der Waals surface area contributed by atoms with Gasteiger partial charge in [0.1, 0.15) is 5.82 Å². The molecule has 31 heavy (non-hydrogen) atoms. The van der Waals surface area contributed by atoms with Gasteiger partial charge in [0, 0.05) is 25.7 Å². The quantitative estimate of drug-likeness (QED) is 0.536. The Kier molecular flexibility index (Phi) is 7.58. The van der Waals surface area contributed by atoms with Gasteiger partial charge >= 0.3 is 0 Å². The van der Waals surface area contributed by atoms with Gasteiger partial charge in [-0.2, -0.15) is 4.31 Å². The van der Waals surface area contributed by atoms with Crippen molar-refractivity contribution in [2.45, 2.75) is 49.6 Å². The minimum absolute atomic E-state index is 0.0854. The van der Waals surface area contributed by atoms with Crippen LogP contribution < -0.4 is 5.32 Å². The summed E-state index contributed by atoms with van der Waals surface area (Å²) in [5.74, 6) is -0.0973. The Morgan fingerprint density at radius 1 is 1.23 bits per heavy atom. The summed E-state index contributed by atoms with van der Waals surface area (Å²) < 4.78 is 40.4. The Bertz CT molecular complexity index is 1000. The second-order valence-corrected chi connectivity index (χ2v) is 11.9. The third-order valence-corrected chi connectivity index (χ3v) is 8.28. The normalized spacial score (nSPS) is 16.0. The lowest BCUT2D eigenvalue weighted by Crippen LogP contribution is -2.47. The maximum Gasteiger partial charge on any atom is 0.243 e. The van der Waals surface area contributed by atoms with Gasteiger partial charge in [-0.3, -0.25) is 0 Å². The van der Waals surface area contributed by atoms with E-state index in [1.807, 2.05) is 0 Å². The van der Waals surface area contributed by atoms with Gasteiger partial charge in [0.2, 0.25) is 10.0 Å². The van der Waals surface area contributed by atoms with Crippen LogP contribution in [0.4, 0.5) is 4.39 Å². The molecule has 0 amide bonds. The van der Waals surface area contributed by atoms with Gasteiger partial charge in [0.25, 0.3) is 0 Å². The minimum Gasteiger partial charge on any atom is -0.390 e. The number of hydrogen-bond donors (Lipinski definition) is 2. The summed E-state index contributed by atoms with van der Waals surface area (Å²) in [6.07, 6.45) is 2.20. The molecule has 2 aromatic carbocycles. The van der Waals surface area contributed by atoms with E-state index in [-0.39, 0.29) is 28.0 Å². The molecule has 170 valence electrons. The first-order valence-corrected chi connectivity index (χ1v) is 12.6. The zero-order valence-corrected chi connectivity index (χ0v) is 20.5. The van der Waals surface area contributed by atoms with Gasteiger partial charge in [-0.05, 0) is 84.3 Å². The van der Waals surface area contributed by atoms with E-state index in [0.29, 0.717) is 5.92 Å². The van der Waals surface area contributed by atoms with E-state index in [0.717, 1.165) is 29.6 Å². The molecular formula is C23H30BrFN2O3S. The van der Waals surface area contributed by atoms with Crippen molar-refractivity contribution in [1.29, 1.82) is 0 Å². The third-order valence-electron chi connectivity index (χ3n) is 5.82. The van der Waals surface area contributed by atoms with Crippen LogP contribution in [0.5, 0.6) is 0 Å². The summed E-state index contributed by atoms with van der Waals surface area (Å²) in [6, 6.07) is 12.2. The summed E-state index contributed by atoms with van der Waals surface area (Å²) in [5, 5.41) is 13.8. The fraction of sp³-hybridized carbons (Fsp3) is 0.478. The molecule has 0 spiro atoms. The SMILES string of the molecule is CN(CC(O)CNC(C)(C)CC1Cc2ccccc2C1)S(=O)(=O)c1ccc(Br)c(F)c1. The number of sulfonamides is 1. The highest BCUT2D eigenvalue weighted by molar-refractivity contribution is 9.10. The average molecular weight is 513 g/mol. The van der Waals surface area contributed by atoms with Gasteiger partial charge < -0.3 is 10.4 Å². The number of halogens is 2. The van der Waals surface area contributed by atoms with E-state index in [4.69, 9.17) is 0 Å². The van der Waals surface area contributed by atoms with Gasteiger partial charge in [-0.15, -0.1) is 0 Å². The number of nitrogens with zero attached hydrogens (tertiary/aromatic N) is 1. The Balaban J connectivity index is 1.51. The van der Waals surface area contributed by atoms with Crippen LogP contribution in [0.2, 0.25) is 0 Å². The first kappa shape index (κ1) is 24.3. The lowest BCUT2D eigenvalue weighted by molar-refractivity contribution is 0.135. The lowest BCUT2D eigenvalue weighted by Gasteiger charge is -2.31. The molecule has 3 rings (SSSR count). The highest BCUT2D eigenvalue weighted by Gasteiger charge is 2.29. The van der Waals surface area contributed by atoms with Crippen molar-refractivity contribution in [2.24, 2.45) is 5.92 Å². The number of benzene rings is 2. The lowest BCUT2D eigenvalue weighted by atomic mass is 9.88. The topological polar surface area (TPSA) is 69.6 Å². The zero-order chi connectivity index (χ0) is 22.8. The van der Waals surface area contributed by atoms with Crippen molar-refractivity contribution in [3.8, 4) is 0 Å². The first-order chi connectivity index (χ1) is 14.5. The van der Waals surface area contributed by atoms with E-state index in [1.165, 1.54) is 30.3 Å². The number of aliphatic hydroxyl groups excluding tert-OH is 1. The fourth-order valence-corrected chi connectivity index (χ4v) is 5.73. The van der Waals surface area contributed by atoms with E-state index in [9.17, 15) is 17.9 Å². The third kappa shape index (κ3) is 6.14. The second-order valence-electron chi connectivity index (χ2n) is 9.03. The molecule has 5 nitrogen and oxygen atoms in total. The number of aliphatic hydroxyl groups is 1. The van der Waals surface area contributed by atoms with Gasteiger partial charge in [-0.25, -0.2) is 12.8 Å². The van der Waals surface area contributed by atoms with E-state index < -0.39 is 21.9 Å². The van der Waals surface area contributed by atoms with Crippen LogP contribution in [-0.4, -0.2) is 49.6 Å². The van der Waals surface area contributed by atoms with Crippen molar-refractivity contribution in [3.05, 3.63) is 63.9 Å². The highest BCUT2D eigenvalue weighted by Crippen LogP contribution is 2.32. The molecule has 0 saturated carbocycles. The summed E-state index contributed by atoms with van der Waals surface area (Å²) in [6.45, 7) is 4.39. The molecule has 1 aliphatic rings. The van der Waals surface area contributed by atoms with Crippen molar-refractivity contribution in [3.63, 3.8) is 0 Å². The van der Waals surface area contributed by atoms with Crippen LogP contribution in [0.3, 0.4) is 0 Å². The summed E-state index contributed by atoms with van der Waals surface area (Å²) in [7, 11) is -2.50. The molecule has 8 heteroatoms. The predicted molar refractivity (Wildman–Crippen MR) is 124 cm³/mol. The smallest absolute Gasteiger partial charge is 0.243 e. The molecule has 0 radical (unpaired) electrons. The number of fused-ring (bicyclic) bond motifs is 1. The van der Waals surface area contributed by atoms with Crippen molar-refractivity contribution in [2.75, 3.05) is 20.1 Å². The Hall–Kier alpha value is -1.32. The maximum absolute atomic E-state index is 13.8. The average Bonchev–Trinajstić information content (AvgIpc) is 3.09. The molecule has 0 fully saturated rings. The molecule has 0 bridgehead atoms. The molecule has 1 aliphatic carbocycles. The zero-order valence-electron chi connectivity index (χ0n) is 18.1. The standard InChI is InChI=1S/C23H30BrFN2O3S/c1-23(2,13-16-10-17-6-4-5-7-18(17)11-16)26-14-19(28)15-27(3)31(29,30)20-8-9-21(24)22(25)12-20/h4-9,12,16,19,26,28H,10-11,13-15H2,1-3H3.